The van der Waals surface area contributed by atoms with E-state index in [1.54, 1.807) is 23.0 Å². The number of aromatic nitrogens is 3. The highest BCUT2D eigenvalue weighted by Gasteiger charge is 2.15. The maximum absolute atomic E-state index is 13.0. The van der Waals surface area contributed by atoms with Crippen molar-refractivity contribution in [2.45, 2.75) is 26.3 Å². The fourth-order valence-corrected chi connectivity index (χ4v) is 2.48. The maximum Gasteiger partial charge on any atom is 0.273 e. The Morgan fingerprint density at radius 2 is 1.84 bits per heavy atom. The number of carbonyl (C=O) groups is 1. The van der Waals surface area contributed by atoms with Crippen molar-refractivity contribution in [1.29, 1.82) is 0 Å². The van der Waals surface area contributed by atoms with E-state index >= 15 is 0 Å². The molecule has 0 fully saturated rings. The normalized spacial score (nSPS) is 12.0. The highest BCUT2D eigenvalue weighted by molar-refractivity contribution is 5.92. The third-order valence-electron chi connectivity index (χ3n) is 4.05. The van der Waals surface area contributed by atoms with Gasteiger partial charge in [0.1, 0.15) is 5.82 Å². The lowest BCUT2D eigenvalue weighted by atomic mass is 10.1. The van der Waals surface area contributed by atoms with E-state index in [1.807, 2.05) is 31.2 Å². The number of aryl methyl sites for hydroxylation is 1. The highest BCUT2D eigenvalue weighted by atomic mass is 19.1. The molecule has 0 bridgehead atoms. The van der Waals surface area contributed by atoms with E-state index in [0.29, 0.717) is 0 Å². The number of nitrogens with one attached hydrogen (secondary N) is 1. The summed E-state index contributed by atoms with van der Waals surface area (Å²) in [6, 6.07) is 13.7. The van der Waals surface area contributed by atoms with Crippen LogP contribution >= 0.6 is 0 Å². The lowest BCUT2D eigenvalue weighted by Gasteiger charge is -2.13. The molecular weight excluding hydrogens is 319 g/mol. The second-order valence-electron chi connectivity index (χ2n) is 5.82. The van der Waals surface area contributed by atoms with Crippen LogP contribution in [0.4, 0.5) is 4.39 Å². The van der Waals surface area contributed by atoms with Crippen LogP contribution in [0.3, 0.4) is 0 Å². The van der Waals surface area contributed by atoms with Crippen LogP contribution in [0.25, 0.3) is 5.69 Å². The van der Waals surface area contributed by atoms with E-state index in [1.165, 1.54) is 17.7 Å². The zero-order chi connectivity index (χ0) is 17.8. The van der Waals surface area contributed by atoms with Crippen LogP contribution in [0.5, 0.6) is 0 Å². The van der Waals surface area contributed by atoms with Gasteiger partial charge in [0.2, 0.25) is 0 Å². The van der Waals surface area contributed by atoms with Gasteiger partial charge in [0.15, 0.2) is 5.69 Å². The monoisotopic (exact) mass is 338 g/mol. The minimum atomic E-state index is -0.326. The Balaban J connectivity index is 1.70. The molecule has 5 nitrogen and oxygen atoms in total. The summed E-state index contributed by atoms with van der Waals surface area (Å²) in [4.78, 5) is 12.3. The molecule has 6 heteroatoms. The number of halogens is 1. The predicted molar refractivity (Wildman–Crippen MR) is 93.0 cm³/mol. The van der Waals surface area contributed by atoms with Gasteiger partial charge in [-0.25, -0.2) is 9.07 Å². The van der Waals surface area contributed by atoms with Crippen LogP contribution in [0, 0.1) is 5.82 Å². The van der Waals surface area contributed by atoms with E-state index in [4.69, 9.17) is 0 Å². The van der Waals surface area contributed by atoms with Crippen LogP contribution in [-0.4, -0.2) is 20.9 Å². The van der Waals surface area contributed by atoms with Crippen LogP contribution in [0.2, 0.25) is 0 Å². The Morgan fingerprint density at radius 1 is 1.16 bits per heavy atom. The average Bonchev–Trinajstić information content (AvgIpc) is 3.12. The van der Waals surface area contributed by atoms with Crippen molar-refractivity contribution >= 4 is 5.91 Å². The first-order valence-corrected chi connectivity index (χ1v) is 8.15. The predicted octanol–water partition coefficient (Wildman–Crippen LogP) is 3.46. The lowest BCUT2D eigenvalue weighted by molar-refractivity contribution is 0.0934. The molecule has 128 valence electrons. The number of nitrogens with zero attached hydrogens (tertiary/aromatic N) is 3. The molecule has 0 saturated heterocycles. The number of amides is 1. The fourth-order valence-electron chi connectivity index (χ4n) is 2.48. The van der Waals surface area contributed by atoms with Crippen molar-refractivity contribution in [3.05, 3.63) is 77.4 Å². The zero-order valence-corrected chi connectivity index (χ0v) is 14.1. The molecule has 3 aromatic rings. The number of hydrogen-bond donors (Lipinski definition) is 1. The summed E-state index contributed by atoms with van der Waals surface area (Å²) in [7, 11) is 0. The van der Waals surface area contributed by atoms with Gasteiger partial charge in [-0.1, -0.05) is 36.4 Å². The molecule has 1 unspecified atom stereocenters. The molecule has 3 rings (SSSR count). The van der Waals surface area contributed by atoms with Gasteiger partial charge in [0.05, 0.1) is 17.9 Å². The van der Waals surface area contributed by atoms with Gasteiger partial charge < -0.3 is 5.32 Å². The van der Waals surface area contributed by atoms with E-state index in [9.17, 15) is 9.18 Å². The van der Waals surface area contributed by atoms with E-state index in [2.05, 4.69) is 22.6 Å². The first kappa shape index (κ1) is 16.8. The third kappa shape index (κ3) is 3.91. The minimum absolute atomic E-state index is 0.230. The molecule has 0 saturated carbocycles. The molecule has 1 aromatic heterocycles. The van der Waals surface area contributed by atoms with Crippen molar-refractivity contribution < 1.29 is 9.18 Å². The first-order chi connectivity index (χ1) is 12.1. The number of benzene rings is 2. The van der Waals surface area contributed by atoms with Crippen LogP contribution < -0.4 is 5.32 Å². The van der Waals surface area contributed by atoms with Crippen molar-refractivity contribution in [3.8, 4) is 5.69 Å². The van der Waals surface area contributed by atoms with Crippen molar-refractivity contribution in [2.75, 3.05) is 0 Å². The van der Waals surface area contributed by atoms with Gasteiger partial charge in [0.25, 0.3) is 5.91 Å². The molecule has 0 aliphatic carbocycles. The van der Waals surface area contributed by atoms with Gasteiger partial charge >= 0.3 is 0 Å². The molecule has 0 radical (unpaired) electrons. The summed E-state index contributed by atoms with van der Waals surface area (Å²) in [5.74, 6) is -0.632. The van der Waals surface area contributed by atoms with Crippen LogP contribution in [0.1, 0.15) is 41.5 Å². The number of carbonyl (C=O) groups excluding carboxylic acids is 1. The molecule has 1 N–H and O–H groups in total. The average molecular weight is 338 g/mol. The molecule has 2 aromatic carbocycles. The number of hydrogen-bond acceptors (Lipinski definition) is 3. The highest BCUT2D eigenvalue weighted by Crippen LogP contribution is 2.14. The van der Waals surface area contributed by atoms with Crippen molar-refractivity contribution in [2.24, 2.45) is 0 Å². The SMILES string of the molecule is CCc1ccc(-n2cc(C(=O)NC(C)c3ccc(F)cc3)nn2)cc1. The smallest absolute Gasteiger partial charge is 0.273 e. The molecule has 0 aliphatic heterocycles. The van der Waals surface area contributed by atoms with E-state index in [-0.39, 0.29) is 23.5 Å². The second kappa shape index (κ2) is 7.25. The van der Waals surface area contributed by atoms with Gasteiger partial charge in [-0.05, 0) is 48.7 Å². The minimum Gasteiger partial charge on any atom is -0.344 e. The van der Waals surface area contributed by atoms with Crippen molar-refractivity contribution in [3.63, 3.8) is 0 Å². The summed E-state index contributed by atoms with van der Waals surface area (Å²) in [5.41, 5.74) is 3.12. The standard InChI is InChI=1S/C19H19FN4O/c1-3-14-4-10-17(11-5-14)24-12-18(22-23-24)19(25)21-13(2)15-6-8-16(20)9-7-15/h4-13H,3H2,1-2H3,(H,21,25). The largest absolute Gasteiger partial charge is 0.344 e. The molecule has 1 amide bonds. The third-order valence-corrected chi connectivity index (χ3v) is 4.05. The van der Waals surface area contributed by atoms with Crippen molar-refractivity contribution in [1.82, 2.24) is 20.3 Å². The lowest BCUT2D eigenvalue weighted by Crippen LogP contribution is -2.27. The summed E-state index contributed by atoms with van der Waals surface area (Å²) >= 11 is 0. The Labute approximate surface area is 145 Å². The van der Waals surface area contributed by atoms with Gasteiger partial charge in [-0.15, -0.1) is 5.10 Å². The van der Waals surface area contributed by atoms with Gasteiger partial charge in [-0.3, -0.25) is 4.79 Å². The molecule has 25 heavy (non-hydrogen) atoms. The fraction of sp³-hybridized carbons (Fsp3) is 0.211. The quantitative estimate of drug-likeness (QED) is 0.775. The zero-order valence-electron chi connectivity index (χ0n) is 14.1. The molecule has 0 spiro atoms. The summed E-state index contributed by atoms with van der Waals surface area (Å²) in [5, 5.41) is 10.8. The summed E-state index contributed by atoms with van der Waals surface area (Å²) in [6.07, 6.45) is 2.56. The second-order valence-corrected chi connectivity index (χ2v) is 5.82. The summed E-state index contributed by atoms with van der Waals surface area (Å²) < 4.78 is 14.5. The number of rotatable bonds is 5. The molecular formula is C19H19FN4O. The Hall–Kier alpha value is -3.02. The van der Waals surface area contributed by atoms with Gasteiger partial charge in [0, 0.05) is 0 Å². The van der Waals surface area contributed by atoms with Gasteiger partial charge in [-0.2, -0.15) is 0 Å². The summed E-state index contributed by atoms with van der Waals surface area (Å²) in [6.45, 7) is 3.92. The first-order valence-electron chi connectivity index (χ1n) is 8.15. The Kier molecular flexibility index (Phi) is 4.88. The van der Waals surface area contributed by atoms with E-state index < -0.39 is 0 Å². The molecule has 1 atom stereocenters. The van der Waals surface area contributed by atoms with E-state index in [0.717, 1.165) is 17.7 Å². The maximum atomic E-state index is 13.0. The Morgan fingerprint density at radius 3 is 2.48 bits per heavy atom. The molecule has 0 aliphatic rings. The molecule has 1 heterocycles. The Bertz CT molecular complexity index is 856. The van der Waals surface area contributed by atoms with Crippen LogP contribution in [-0.2, 0) is 6.42 Å². The van der Waals surface area contributed by atoms with Crippen LogP contribution in [0.15, 0.2) is 54.7 Å². The topological polar surface area (TPSA) is 59.8 Å².